The number of hydrogen-bond acceptors (Lipinski definition) is 4. The maximum absolute atomic E-state index is 13.4. The second-order valence-corrected chi connectivity index (χ2v) is 10.2. The fraction of sp³-hybridized carbons (Fsp3) is 0.696. The van der Waals surface area contributed by atoms with Crippen LogP contribution >= 0.6 is 0 Å². The molecule has 28 heavy (non-hydrogen) atoms. The molecule has 5 nitrogen and oxygen atoms in total. The molecule has 1 atom stereocenters. The van der Waals surface area contributed by atoms with Crippen molar-refractivity contribution in [2.24, 2.45) is 23.2 Å². The molecule has 1 amide bonds. The molecule has 0 aliphatic heterocycles. The van der Waals surface area contributed by atoms with Crippen molar-refractivity contribution >= 4 is 17.0 Å². The Bertz CT molecular complexity index is 894. The number of carbonyl (C=O) groups excluding carboxylic acids is 1. The summed E-state index contributed by atoms with van der Waals surface area (Å²) in [4.78, 5) is 17.9. The van der Waals surface area contributed by atoms with Crippen molar-refractivity contribution in [1.82, 2.24) is 15.5 Å². The van der Waals surface area contributed by atoms with Crippen molar-refractivity contribution < 1.29 is 9.32 Å². The van der Waals surface area contributed by atoms with Crippen LogP contribution in [0.15, 0.2) is 10.6 Å². The van der Waals surface area contributed by atoms with E-state index < -0.39 is 0 Å². The quantitative estimate of drug-likeness (QED) is 0.810. The first kappa shape index (κ1) is 18.1. The minimum Gasteiger partial charge on any atom is -0.349 e. The van der Waals surface area contributed by atoms with E-state index in [-0.39, 0.29) is 17.9 Å². The number of rotatable bonds is 4. The zero-order valence-electron chi connectivity index (χ0n) is 17.4. The molecule has 0 saturated heterocycles. The summed E-state index contributed by atoms with van der Waals surface area (Å²) in [6.07, 6.45) is 8.12. The van der Waals surface area contributed by atoms with Gasteiger partial charge in [-0.1, -0.05) is 19.0 Å². The van der Waals surface area contributed by atoms with Crippen LogP contribution in [-0.2, 0) is 0 Å². The predicted molar refractivity (Wildman–Crippen MR) is 108 cm³/mol. The molecular formula is C23H31N3O2. The standard InChI is InChI=1S/C23H31N3O2/c1-12(2)19-8-18(20-13(3)26-28-22(20)25-19)21(27)24-14(4)23-9-15-5-16(10-23)7-17(6-15)11-23/h8,12,14-17H,5-7,9-11H2,1-4H3,(H,24,27). The molecule has 4 saturated carbocycles. The highest BCUT2D eigenvalue weighted by Crippen LogP contribution is 2.61. The van der Waals surface area contributed by atoms with Crippen molar-refractivity contribution in [3.63, 3.8) is 0 Å². The number of aromatic nitrogens is 2. The number of nitrogens with zero attached hydrogens (tertiary/aromatic N) is 2. The van der Waals surface area contributed by atoms with Crippen LogP contribution in [0.4, 0.5) is 0 Å². The van der Waals surface area contributed by atoms with Gasteiger partial charge in [-0.25, -0.2) is 4.98 Å². The fourth-order valence-electron chi connectivity index (χ4n) is 6.72. The highest BCUT2D eigenvalue weighted by Gasteiger charge is 2.53. The molecule has 1 N–H and O–H groups in total. The molecule has 2 heterocycles. The fourth-order valence-corrected chi connectivity index (χ4v) is 6.72. The van der Waals surface area contributed by atoms with Crippen LogP contribution in [0.2, 0.25) is 0 Å². The molecule has 6 rings (SSSR count). The van der Waals surface area contributed by atoms with Crippen LogP contribution < -0.4 is 5.32 Å². The van der Waals surface area contributed by atoms with Crippen molar-refractivity contribution in [3.05, 3.63) is 23.0 Å². The minimum atomic E-state index is -0.0103. The number of hydrogen-bond donors (Lipinski definition) is 1. The molecular weight excluding hydrogens is 350 g/mol. The lowest BCUT2D eigenvalue weighted by atomic mass is 9.48. The average Bonchev–Trinajstić information content (AvgIpc) is 3.01. The first-order valence-corrected chi connectivity index (χ1v) is 10.9. The number of carbonyl (C=O) groups is 1. The average molecular weight is 382 g/mol. The SMILES string of the molecule is Cc1noc2nc(C(C)C)cc(C(=O)NC(C)C34CC5CC(CC(C5)C3)C4)c12. The number of aryl methyl sites for hydroxylation is 1. The van der Waals surface area contributed by atoms with E-state index in [2.05, 4.69) is 36.2 Å². The van der Waals surface area contributed by atoms with E-state index in [9.17, 15) is 4.79 Å². The molecule has 5 heteroatoms. The highest BCUT2D eigenvalue weighted by atomic mass is 16.5. The van der Waals surface area contributed by atoms with Gasteiger partial charge in [0.05, 0.1) is 16.6 Å². The first-order valence-electron chi connectivity index (χ1n) is 10.9. The largest absolute Gasteiger partial charge is 0.349 e. The third-order valence-corrected chi connectivity index (χ3v) is 7.82. The van der Waals surface area contributed by atoms with Gasteiger partial charge in [0.1, 0.15) is 0 Å². The second-order valence-electron chi connectivity index (χ2n) is 10.2. The third kappa shape index (κ3) is 2.77. The van der Waals surface area contributed by atoms with Gasteiger partial charge in [0.2, 0.25) is 0 Å². The summed E-state index contributed by atoms with van der Waals surface area (Å²) in [5, 5.41) is 8.20. The Morgan fingerprint density at radius 3 is 2.32 bits per heavy atom. The van der Waals surface area contributed by atoms with E-state index in [1.807, 2.05) is 13.0 Å². The normalized spacial score (nSPS) is 32.2. The smallest absolute Gasteiger partial charge is 0.259 e. The summed E-state index contributed by atoms with van der Waals surface area (Å²) in [5.41, 5.74) is 3.02. The van der Waals surface area contributed by atoms with Crippen LogP contribution in [0.3, 0.4) is 0 Å². The van der Waals surface area contributed by atoms with E-state index in [0.29, 0.717) is 16.7 Å². The molecule has 1 unspecified atom stereocenters. The van der Waals surface area contributed by atoms with Gasteiger partial charge < -0.3 is 9.84 Å². The van der Waals surface area contributed by atoms with Gasteiger partial charge in [-0.05, 0) is 87.5 Å². The lowest BCUT2D eigenvalue weighted by Crippen LogP contribution is -2.55. The van der Waals surface area contributed by atoms with E-state index in [1.165, 1.54) is 38.5 Å². The van der Waals surface area contributed by atoms with Crippen LogP contribution in [0.25, 0.3) is 11.1 Å². The van der Waals surface area contributed by atoms with Crippen LogP contribution in [0.1, 0.15) is 87.0 Å². The summed E-state index contributed by atoms with van der Waals surface area (Å²) < 4.78 is 5.39. The lowest BCUT2D eigenvalue weighted by molar-refractivity contribution is -0.0687. The third-order valence-electron chi connectivity index (χ3n) is 7.82. The van der Waals surface area contributed by atoms with E-state index in [1.54, 1.807) is 0 Å². The van der Waals surface area contributed by atoms with Gasteiger partial charge in [-0.2, -0.15) is 0 Å². The van der Waals surface area contributed by atoms with Gasteiger partial charge in [-0.3, -0.25) is 4.79 Å². The molecule has 150 valence electrons. The molecule has 0 spiro atoms. The first-order chi connectivity index (χ1) is 13.3. The Morgan fingerprint density at radius 1 is 1.14 bits per heavy atom. The summed E-state index contributed by atoms with van der Waals surface area (Å²) in [7, 11) is 0. The number of pyridine rings is 1. The monoisotopic (exact) mass is 381 g/mol. The second kappa shape index (κ2) is 6.30. The Labute approximate surface area is 166 Å². The highest BCUT2D eigenvalue weighted by molar-refractivity contribution is 6.06. The Balaban J connectivity index is 1.45. The van der Waals surface area contributed by atoms with E-state index >= 15 is 0 Å². The summed E-state index contributed by atoms with van der Waals surface area (Å²) in [5.74, 6) is 2.86. The Hall–Kier alpha value is -1.91. The van der Waals surface area contributed by atoms with Crippen LogP contribution in [0.5, 0.6) is 0 Å². The molecule has 4 aliphatic carbocycles. The van der Waals surface area contributed by atoms with Crippen LogP contribution in [-0.4, -0.2) is 22.1 Å². The summed E-state index contributed by atoms with van der Waals surface area (Å²) in [6.45, 7) is 8.27. The summed E-state index contributed by atoms with van der Waals surface area (Å²) in [6, 6.07) is 2.12. The van der Waals surface area contributed by atoms with Gasteiger partial charge in [0, 0.05) is 11.7 Å². The van der Waals surface area contributed by atoms with Gasteiger partial charge in [0.15, 0.2) is 0 Å². The molecule has 0 aromatic carbocycles. The Kier molecular flexibility index (Phi) is 4.08. The minimum absolute atomic E-state index is 0.0103. The van der Waals surface area contributed by atoms with Crippen LogP contribution in [0, 0.1) is 30.1 Å². The molecule has 0 radical (unpaired) electrons. The van der Waals surface area contributed by atoms with Gasteiger partial charge in [0.25, 0.3) is 11.6 Å². The topological polar surface area (TPSA) is 68.0 Å². The predicted octanol–water partition coefficient (Wildman–Crippen LogP) is 4.99. The maximum atomic E-state index is 13.4. The van der Waals surface area contributed by atoms with Gasteiger partial charge in [-0.15, -0.1) is 0 Å². The van der Waals surface area contributed by atoms with E-state index in [0.717, 1.165) is 34.5 Å². The van der Waals surface area contributed by atoms with Gasteiger partial charge >= 0.3 is 0 Å². The lowest BCUT2D eigenvalue weighted by Gasteiger charge is -2.59. The molecule has 4 fully saturated rings. The number of nitrogens with one attached hydrogen (secondary N) is 1. The van der Waals surface area contributed by atoms with E-state index in [4.69, 9.17) is 4.52 Å². The molecule has 2 aromatic heterocycles. The molecule has 4 bridgehead atoms. The molecule has 4 aliphatic rings. The number of amides is 1. The van der Waals surface area contributed by atoms with Crippen molar-refractivity contribution in [1.29, 1.82) is 0 Å². The maximum Gasteiger partial charge on any atom is 0.259 e. The van der Waals surface area contributed by atoms with Crippen molar-refractivity contribution in [2.45, 2.75) is 78.2 Å². The Morgan fingerprint density at radius 2 is 1.75 bits per heavy atom. The van der Waals surface area contributed by atoms with Crippen molar-refractivity contribution in [2.75, 3.05) is 0 Å². The zero-order valence-corrected chi connectivity index (χ0v) is 17.4. The van der Waals surface area contributed by atoms with Crippen molar-refractivity contribution in [3.8, 4) is 0 Å². The zero-order chi connectivity index (χ0) is 19.6. The number of fused-ring (bicyclic) bond motifs is 1. The molecule has 2 aromatic rings. The summed E-state index contributed by atoms with van der Waals surface area (Å²) >= 11 is 0.